The Morgan fingerprint density at radius 1 is 1.21 bits per heavy atom. The number of nitrogens with zero attached hydrogens (tertiary/aromatic N) is 2. The molecule has 0 radical (unpaired) electrons. The van der Waals surface area contributed by atoms with Crippen molar-refractivity contribution in [2.45, 2.75) is 19.0 Å². The molecule has 5 heteroatoms. The highest BCUT2D eigenvalue weighted by atomic mass is 19.1. The second-order valence-corrected chi connectivity index (χ2v) is 6.21. The molecule has 3 aromatic rings. The number of phenolic OH excluding ortho intramolecular Hbond substituents is 1. The number of fused-ring (bicyclic) bond motifs is 1. The molecule has 122 valence electrons. The van der Waals surface area contributed by atoms with E-state index in [0.29, 0.717) is 0 Å². The quantitative estimate of drug-likeness (QED) is 0.777. The Morgan fingerprint density at radius 2 is 2.04 bits per heavy atom. The van der Waals surface area contributed by atoms with Crippen molar-refractivity contribution in [3.05, 3.63) is 83.2 Å². The number of halogens is 1. The van der Waals surface area contributed by atoms with Gasteiger partial charge in [0.2, 0.25) is 0 Å². The second-order valence-electron chi connectivity index (χ2n) is 6.21. The lowest BCUT2D eigenvalue weighted by Crippen LogP contribution is -2.33. The summed E-state index contributed by atoms with van der Waals surface area (Å²) in [6.45, 7) is 2.33. The van der Waals surface area contributed by atoms with Crippen LogP contribution in [-0.4, -0.2) is 26.5 Å². The molecule has 1 aliphatic rings. The summed E-state index contributed by atoms with van der Waals surface area (Å²) in [5.74, 6) is 0.152. The van der Waals surface area contributed by atoms with E-state index >= 15 is 0 Å². The number of rotatable bonds is 3. The minimum Gasteiger partial charge on any atom is -0.508 e. The number of imidazole rings is 1. The van der Waals surface area contributed by atoms with Gasteiger partial charge in [0.05, 0.1) is 17.7 Å². The van der Waals surface area contributed by atoms with Crippen molar-refractivity contribution >= 4 is 0 Å². The van der Waals surface area contributed by atoms with E-state index < -0.39 is 0 Å². The molecule has 2 aromatic carbocycles. The average molecular weight is 323 g/mol. The minimum absolute atomic E-state index is 0.104. The van der Waals surface area contributed by atoms with Crippen LogP contribution in [0.2, 0.25) is 0 Å². The highest BCUT2D eigenvalue weighted by Crippen LogP contribution is 2.33. The Morgan fingerprint density at radius 3 is 2.83 bits per heavy atom. The smallest absolute Gasteiger partial charge is 0.123 e. The molecular formula is C19H18FN3O. The summed E-state index contributed by atoms with van der Waals surface area (Å²) >= 11 is 0. The zero-order valence-corrected chi connectivity index (χ0v) is 13.1. The Labute approximate surface area is 139 Å². The third-order valence-corrected chi connectivity index (χ3v) is 4.50. The van der Waals surface area contributed by atoms with E-state index in [-0.39, 0.29) is 17.5 Å². The molecular weight excluding hydrogens is 305 g/mol. The maximum absolute atomic E-state index is 13.1. The monoisotopic (exact) mass is 323 g/mol. The van der Waals surface area contributed by atoms with Gasteiger partial charge in [0, 0.05) is 25.6 Å². The van der Waals surface area contributed by atoms with Gasteiger partial charge in [-0.3, -0.25) is 4.90 Å². The molecule has 1 unspecified atom stereocenters. The SMILES string of the molecule is Oc1cccc(C2CN(Cc3ccc(F)cc3)Cc3[nH]cnc32)c1. The molecule has 4 rings (SSSR count). The molecule has 2 N–H and O–H groups in total. The van der Waals surface area contributed by atoms with E-state index in [4.69, 9.17) is 0 Å². The Kier molecular flexibility index (Phi) is 3.78. The van der Waals surface area contributed by atoms with Crippen LogP contribution in [0.15, 0.2) is 54.9 Å². The molecule has 0 fully saturated rings. The first kappa shape index (κ1) is 14.9. The number of H-pyrrole nitrogens is 1. The molecule has 0 saturated carbocycles. The van der Waals surface area contributed by atoms with Crippen molar-refractivity contribution < 1.29 is 9.50 Å². The Balaban J connectivity index is 1.62. The summed E-state index contributed by atoms with van der Waals surface area (Å²) in [7, 11) is 0. The van der Waals surface area contributed by atoms with Crippen LogP contribution >= 0.6 is 0 Å². The van der Waals surface area contributed by atoms with Crippen LogP contribution in [-0.2, 0) is 13.1 Å². The maximum Gasteiger partial charge on any atom is 0.123 e. The van der Waals surface area contributed by atoms with Gasteiger partial charge in [-0.2, -0.15) is 0 Å². The molecule has 0 saturated heterocycles. The van der Waals surface area contributed by atoms with E-state index in [1.54, 1.807) is 18.5 Å². The first-order valence-corrected chi connectivity index (χ1v) is 7.97. The van der Waals surface area contributed by atoms with Gasteiger partial charge >= 0.3 is 0 Å². The number of aromatic hydroxyl groups is 1. The summed E-state index contributed by atoms with van der Waals surface area (Å²) in [5.41, 5.74) is 4.26. The molecule has 1 aliphatic heterocycles. The van der Waals surface area contributed by atoms with Gasteiger partial charge in [-0.1, -0.05) is 24.3 Å². The van der Waals surface area contributed by atoms with Gasteiger partial charge in [-0.05, 0) is 35.4 Å². The van der Waals surface area contributed by atoms with E-state index in [0.717, 1.165) is 42.1 Å². The third kappa shape index (κ3) is 2.90. The van der Waals surface area contributed by atoms with E-state index in [1.165, 1.54) is 12.1 Å². The summed E-state index contributed by atoms with van der Waals surface area (Å²) in [6.07, 6.45) is 1.72. The topological polar surface area (TPSA) is 52.1 Å². The fourth-order valence-electron chi connectivity index (χ4n) is 3.36. The van der Waals surface area contributed by atoms with E-state index in [2.05, 4.69) is 14.9 Å². The van der Waals surface area contributed by atoms with Crippen LogP contribution in [0.3, 0.4) is 0 Å². The number of hydrogen-bond acceptors (Lipinski definition) is 3. The predicted octanol–water partition coefficient (Wildman–Crippen LogP) is 3.40. The van der Waals surface area contributed by atoms with Gasteiger partial charge < -0.3 is 10.1 Å². The normalized spacial score (nSPS) is 17.6. The molecule has 1 aromatic heterocycles. The summed E-state index contributed by atoms with van der Waals surface area (Å²) < 4.78 is 13.1. The van der Waals surface area contributed by atoms with Crippen LogP contribution in [0, 0.1) is 5.82 Å². The van der Waals surface area contributed by atoms with Crippen molar-refractivity contribution in [2.75, 3.05) is 6.54 Å². The average Bonchev–Trinajstić information content (AvgIpc) is 3.05. The first-order valence-electron chi connectivity index (χ1n) is 7.97. The zero-order chi connectivity index (χ0) is 16.5. The van der Waals surface area contributed by atoms with Crippen LogP contribution in [0.4, 0.5) is 4.39 Å². The van der Waals surface area contributed by atoms with Crippen LogP contribution in [0.1, 0.15) is 28.4 Å². The van der Waals surface area contributed by atoms with Crippen LogP contribution < -0.4 is 0 Å². The molecule has 0 spiro atoms. The number of benzene rings is 2. The van der Waals surface area contributed by atoms with Crippen molar-refractivity contribution in [1.82, 2.24) is 14.9 Å². The molecule has 24 heavy (non-hydrogen) atoms. The highest BCUT2D eigenvalue weighted by Gasteiger charge is 2.29. The predicted molar refractivity (Wildman–Crippen MR) is 89.1 cm³/mol. The van der Waals surface area contributed by atoms with Crippen LogP contribution in [0.25, 0.3) is 0 Å². The number of hydrogen-bond donors (Lipinski definition) is 2. The molecule has 0 amide bonds. The minimum atomic E-state index is -0.217. The molecule has 4 nitrogen and oxygen atoms in total. The van der Waals surface area contributed by atoms with E-state index in [9.17, 15) is 9.50 Å². The van der Waals surface area contributed by atoms with Crippen molar-refractivity contribution in [2.24, 2.45) is 0 Å². The summed E-state index contributed by atoms with van der Waals surface area (Å²) in [5, 5.41) is 9.79. The number of aromatic nitrogens is 2. The number of aromatic amines is 1. The van der Waals surface area contributed by atoms with Crippen molar-refractivity contribution in [3.8, 4) is 5.75 Å². The zero-order valence-electron chi connectivity index (χ0n) is 13.1. The van der Waals surface area contributed by atoms with Gasteiger partial charge in [-0.15, -0.1) is 0 Å². The fourth-order valence-corrected chi connectivity index (χ4v) is 3.36. The fraction of sp³-hybridized carbons (Fsp3) is 0.211. The Bertz CT molecular complexity index is 844. The molecule has 0 bridgehead atoms. The molecule has 2 heterocycles. The van der Waals surface area contributed by atoms with Gasteiger partial charge in [0.25, 0.3) is 0 Å². The van der Waals surface area contributed by atoms with Crippen molar-refractivity contribution in [3.63, 3.8) is 0 Å². The largest absolute Gasteiger partial charge is 0.508 e. The lowest BCUT2D eigenvalue weighted by atomic mass is 9.90. The summed E-state index contributed by atoms with van der Waals surface area (Å²) in [4.78, 5) is 10.0. The molecule has 1 atom stereocenters. The maximum atomic E-state index is 13.1. The number of phenols is 1. The third-order valence-electron chi connectivity index (χ3n) is 4.50. The molecule has 0 aliphatic carbocycles. The van der Waals surface area contributed by atoms with Gasteiger partial charge in [-0.25, -0.2) is 9.37 Å². The lowest BCUT2D eigenvalue weighted by Gasteiger charge is -2.32. The first-order chi connectivity index (χ1) is 11.7. The number of nitrogens with one attached hydrogen (secondary N) is 1. The lowest BCUT2D eigenvalue weighted by molar-refractivity contribution is 0.227. The Hall–Kier alpha value is -2.66. The standard InChI is InChI=1S/C19H18FN3O/c20-15-6-4-13(5-7-15)9-23-10-17(14-2-1-3-16(24)8-14)19-18(11-23)21-12-22-19/h1-8,12,17,24H,9-11H2,(H,21,22). The van der Waals surface area contributed by atoms with Gasteiger partial charge in [0.15, 0.2) is 0 Å². The van der Waals surface area contributed by atoms with E-state index in [1.807, 2.05) is 24.3 Å². The van der Waals surface area contributed by atoms with Gasteiger partial charge in [0.1, 0.15) is 11.6 Å². The second kappa shape index (κ2) is 6.09. The van der Waals surface area contributed by atoms with Crippen LogP contribution in [0.5, 0.6) is 5.75 Å². The van der Waals surface area contributed by atoms with Crippen molar-refractivity contribution in [1.29, 1.82) is 0 Å². The summed E-state index contributed by atoms with van der Waals surface area (Å²) in [6, 6.07) is 14.0. The highest BCUT2D eigenvalue weighted by molar-refractivity contribution is 5.37.